The highest BCUT2D eigenvalue weighted by Crippen LogP contribution is 2.33. The van der Waals surface area contributed by atoms with Crippen molar-refractivity contribution >= 4 is 30.2 Å². The van der Waals surface area contributed by atoms with Gasteiger partial charge in [-0.3, -0.25) is 9.97 Å². The highest BCUT2D eigenvalue weighted by molar-refractivity contribution is 7.59. The van der Waals surface area contributed by atoms with Crippen LogP contribution in [0.3, 0.4) is 0 Å². The second-order valence-electron chi connectivity index (χ2n) is 7.38. The number of benzene rings is 1. The van der Waals surface area contributed by atoms with Crippen LogP contribution in [0.25, 0.3) is 22.2 Å². The van der Waals surface area contributed by atoms with Gasteiger partial charge < -0.3 is 10.1 Å². The van der Waals surface area contributed by atoms with Crippen LogP contribution in [0.1, 0.15) is 24.1 Å². The van der Waals surface area contributed by atoms with Crippen molar-refractivity contribution in [2.75, 3.05) is 18.5 Å². The van der Waals surface area contributed by atoms with Crippen LogP contribution in [0, 0.1) is 5.82 Å². The van der Waals surface area contributed by atoms with E-state index in [-0.39, 0.29) is 25.2 Å². The largest absolute Gasteiger partial charge is 0.491 e. The highest BCUT2D eigenvalue weighted by atomic mass is 32.1. The summed E-state index contributed by atoms with van der Waals surface area (Å²) in [5.74, 6) is 1.44. The van der Waals surface area contributed by atoms with Gasteiger partial charge in [0.1, 0.15) is 29.2 Å². The minimum atomic E-state index is -0.364. The molecule has 1 aliphatic rings. The molecule has 0 radical (unpaired) electrons. The first-order valence-electron chi connectivity index (χ1n) is 9.90. The number of nitrogens with one attached hydrogen (secondary N) is 1. The molecule has 0 fully saturated rings. The lowest BCUT2D eigenvalue weighted by Crippen LogP contribution is -2.12. The Morgan fingerprint density at radius 1 is 1.10 bits per heavy atom. The molecule has 0 amide bonds. The summed E-state index contributed by atoms with van der Waals surface area (Å²) in [6.45, 7) is 3.50. The van der Waals surface area contributed by atoms with E-state index < -0.39 is 0 Å². The number of fused-ring (bicyclic) bond motifs is 2. The second-order valence-corrected chi connectivity index (χ2v) is 7.38. The van der Waals surface area contributed by atoms with Crippen molar-refractivity contribution < 1.29 is 9.13 Å². The normalized spacial score (nSPS) is 13.2. The van der Waals surface area contributed by atoms with E-state index >= 15 is 0 Å². The van der Waals surface area contributed by atoms with E-state index in [1.807, 2.05) is 30.5 Å². The van der Waals surface area contributed by atoms with E-state index in [1.54, 1.807) is 12.3 Å². The standard InChI is InChI=1S/C23H20FN5O.H2S/c1-14(17-4-7-25-19-5-8-30-23(17)19)12-27-21-11-20(28-13-29-21)16-9-15-3-2-6-26-22(15)18(24)10-16;/h2-4,6-7,9-11,13-14H,5,8,12H2,1H3,(H,27,28,29);1H2/t14-;/m1./s1. The maximum atomic E-state index is 14.4. The van der Waals surface area contributed by atoms with Gasteiger partial charge in [-0.2, -0.15) is 13.5 Å². The summed E-state index contributed by atoms with van der Waals surface area (Å²) in [4.78, 5) is 17.1. The van der Waals surface area contributed by atoms with Crippen LogP contribution in [-0.2, 0) is 6.42 Å². The fourth-order valence-electron chi connectivity index (χ4n) is 3.77. The zero-order chi connectivity index (χ0) is 20.5. The monoisotopic (exact) mass is 435 g/mol. The lowest BCUT2D eigenvalue weighted by atomic mass is 10.00. The van der Waals surface area contributed by atoms with Crippen molar-refractivity contribution in [2.45, 2.75) is 19.3 Å². The molecule has 1 atom stereocenters. The van der Waals surface area contributed by atoms with Gasteiger partial charge in [-0.05, 0) is 24.3 Å². The molecule has 0 saturated carbocycles. The summed E-state index contributed by atoms with van der Waals surface area (Å²) < 4.78 is 20.2. The van der Waals surface area contributed by atoms with Crippen molar-refractivity contribution in [3.05, 3.63) is 72.2 Å². The molecule has 31 heavy (non-hydrogen) atoms. The summed E-state index contributed by atoms with van der Waals surface area (Å²) in [6, 6.07) is 10.8. The average Bonchev–Trinajstić information content (AvgIpc) is 3.27. The van der Waals surface area contributed by atoms with Crippen LogP contribution >= 0.6 is 13.5 Å². The Balaban J connectivity index is 0.00000231. The smallest absolute Gasteiger partial charge is 0.150 e. The third kappa shape index (κ3) is 4.16. The molecular weight excluding hydrogens is 413 g/mol. The second kappa shape index (κ2) is 8.85. The summed E-state index contributed by atoms with van der Waals surface area (Å²) in [7, 11) is 0. The predicted octanol–water partition coefficient (Wildman–Crippen LogP) is 4.49. The molecule has 158 valence electrons. The van der Waals surface area contributed by atoms with E-state index in [1.165, 1.54) is 12.4 Å². The maximum absolute atomic E-state index is 14.4. The van der Waals surface area contributed by atoms with E-state index in [0.717, 1.165) is 28.8 Å². The van der Waals surface area contributed by atoms with Crippen LogP contribution in [-0.4, -0.2) is 33.1 Å². The average molecular weight is 436 g/mol. The topological polar surface area (TPSA) is 72.8 Å². The third-order valence-corrected chi connectivity index (χ3v) is 5.34. The van der Waals surface area contributed by atoms with Gasteiger partial charge in [-0.25, -0.2) is 14.4 Å². The first kappa shape index (κ1) is 21.0. The van der Waals surface area contributed by atoms with Crippen LogP contribution in [0.5, 0.6) is 5.75 Å². The first-order valence-corrected chi connectivity index (χ1v) is 9.90. The molecule has 0 aliphatic carbocycles. The molecule has 4 aromatic rings. The number of nitrogens with zero attached hydrogens (tertiary/aromatic N) is 4. The summed E-state index contributed by atoms with van der Waals surface area (Å²) in [5, 5.41) is 4.10. The minimum absolute atomic E-state index is 0. The van der Waals surface area contributed by atoms with Crippen molar-refractivity contribution in [1.29, 1.82) is 0 Å². The maximum Gasteiger partial charge on any atom is 0.150 e. The molecule has 0 bridgehead atoms. The number of pyridine rings is 2. The molecule has 0 unspecified atom stereocenters. The lowest BCUT2D eigenvalue weighted by molar-refractivity contribution is 0.352. The molecule has 1 aromatic carbocycles. The number of ether oxygens (including phenoxy) is 1. The summed E-state index contributed by atoms with van der Waals surface area (Å²) >= 11 is 0. The Morgan fingerprint density at radius 3 is 2.90 bits per heavy atom. The molecular formula is C23H22FN5OS. The summed E-state index contributed by atoms with van der Waals surface area (Å²) in [5.41, 5.74) is 3.86. The molecule has 3 aromatic heterocycles. The molecule has 4 heterocycles. The molecule has 6 nitrogen and oxygen atoms in total. The van der Waals surface area contributed by atoms with Gasteiger partial charge >= 0.3 is 0 Å². The van der Waals surface area contributed by atoms with Gasteiger partial charge in [0, 0.05) is 53.9 Å². The molecule has 0 saturated heterocycles. The molecule has 5 rings (SSSR count). The molecule has 8 heteroatoms. The molecule has 1 N–H and O–H groups in total. The van der Waals surface area contributed by atoms with E-state index in [9.17, 15) is 4.39 Å². The first-order chi connectivity index (χ1) is 14.7. The summed E-state index contributed by atoms with van der Waals surface area (Å²) in [6.07, 6.45) is 5.77. The van der Waals surface area contributed by atoms with Gasteiger partial charge in [0.25, 0.3) is 0 Å². The number of anilines is 1. The Morgan fingerprint density at radius 2 is 2.00 bits per heavy atom. The number of aromatic nitrogens is 4. The number of hydrogen-bond acceptors (Lipinski definition) is 6. The predicted molar refractivity (Wildman–Crippen MR) is 123 cm³/mol. The van der Waals surface area contributed by atoms with Crippen LogP contribution in [0.15, 0.2) is 55.1 Å². The number of halogens is 1. The minimum Gasteiger partial charge on any atom is -0.491 e. The van der Waals surface area contributed by atoms with Crippen molar-refractivity contribution in [3.63, 3.8) is 0 Å². The van der Waals surface area contributed by atoms with Crippen LogP contribution in [0.2, 0.25) is 0 Å². The van der Waals surface area contributed by atoms with E-state index in [2.05, 4.69) is 32.2 Å². The van der Waals surface area contributed by atoms with Crippen molar-refractivity contribution in [2.24, 2.45) is 0 Å². The van der Waals surface area contributed by atoms with Crippen LogP contribution in [0.4, 0.5) is 10.2 Å². The van der Waals surface area contributed by atoms with Crippen LogP contribution < -0.4 is 10.1 Å². The Bertz CT molecular complexity index is 1240. The third-order valence-electron chi connectivity index (χ3n) is 5.34. The fourth-order valence-corrected chi connectivity index (χ4v) is 3.77. The van der Waals surface area contributed by atoms with Gasteiger partial charge in [0.15, 0.2) is 0 Å². The lowest BCUT2D eigenvalue weighted by Gasteiger charge is -2.16. The Hall–Kier alpha value is -3.26. The SMILES string of the molecule is C[C@H](CNc1cc(-c2cc(F)c3ncccc3c2)ncn1)c1ccnc2c1OCC2.S. The van der Waals surface area contributed by atoms with E-state index in [0.29, 0.717) is 35.7 Å². The van der Waals surface area contributed by atoms with Gasteiger partial charge in [-0.1, -0.05) is 13.0 Å². The fraction of sp³-hybridized carbons (Fsp3) is 0.217. The number of rotatable bonds is 5. The zero-order valence-corrected chi connectivity index (χ0v) is 18.0. The number of hydrogen-bond donors (Lipinski definition) is 1. The highest BCUT2D eigenvalue weighted by Gasteiger charge is 2.20. The quantitative estimate of drug-likeness (QED) is 0.498. The van der Waals surface area contributed by atoms with E-state index in [4.69, 9.17) is 4.74 Å². The zero-order valence-electron chi connectivity index (χ0n) is 17.0. The molecule has 0 spiro atoms. The van der Waals surface area contributed by atoms with Crippen molar-refractivity contribution in [3.8, 4) is 17.0 Å². The Labute approximate surface area is 186 Å². The van der Waals surface area contributed by atoms with Gasteiger partial charge in [0.2, 0.25) is 0 Å². The van der Waals surface area contributed by atoms with Gasteiger partial charge in [-0.15, -0.1) is 0 Å². The van der Waals surface area contributed by atoms with Gasteiger partial charge in [0.05, 0.1) is 18.0 Å². The molecule has 1 aliphatic heterocycles. The Kier molecular flexibility index (Phi) is 5.99. The van der Waals surface area contributed by atoms with Crippen molar-refractivity contribution in [1.82, 2.24) is 19.9 Å².